The van der Waals surface area contributed by atoms with Crippen molar-refractivity contribution in [3.8, 4) is 0 Å². The van der Waals surface area contributed by atoms with E-state index in [2.05, 4.69) is 15.6 Å². The van der Waals surface area contributed by atoms with Gasteiger partial charge in [0.25, 0.3) is 0 Å². The van der Waals surface area contributed by atoms with Gasteiger partial charge in [0, 0.05) is 11.7 Å². The average Bonchev–Trinajstić information content (AvgIpc) is 2.34. The molecule has 0 saturated heterocycles. The number of nitrogens with one attached hydrogen (secondary N) is 2. The first-order valence-corrected chi connectivity index (χ1v) is 7.08. The van der Waals surface area contributed by atoms with Crippen LogP contribution in [0.1, 0.15) is 43.5 Å². The summed E-state index contributed by atoms with van der Waals surface area (Å²) in [5, 5.41) is 7.36. The second-order valence-electron chi connectivity index (χ2n) is 5.02. The molecule has 0 atom stereocenters. The Labute approximate surface area is 114 Å². The van der Waals surface area contributed by atoms with Crippen LogP contribution in [-0.4, -0.2) is 16.1 Å². The Morgan fingerprint density at radius 3 is 2.61 bits per heavy atom. The predicted molar refractivity (Wildman–Crippen MR) is 79.9 cm³/mol. The Hall–Kier alpha value is -1.16. The fourth-order valence-electron chi connectivity index (χ4n) is 2.41. The van der Waals surface area contributed by atoms with Crippen LogP contribution >= 0.6 is 12.2 Å². The highest BCUT2D eigenvalue weighted by Gasteiger charge is 2.14. The molecular weight excluding hydrogens is 242 g/mol. The molecule has 0 unspecified atom stereocenters. The first-order chi connectivity index (χ1) is 8.65. The second-order valence-corrected chi connectivity index (χ2v) is 5.43. The van der Waals surface area contributed by atoms with E-state index in [1.54, 1.807) is 0 Å². The highest BCUT2D eigenvalue weighted by Crippen LogP contribution is 2.18. The van der Waals surface area contributed by atoms with E-state index in [4.69, 9.17) is 12.2 Å². The van der Waals surface area contributed by atoms with Crippen molar-refractivity contribution in [1.29, 1.82) is 0 Å². The smallest absolute Gasteiger partial charge is 0.171 e. The first kappa shape index (κ1) is 13.3. The summed E-state index contributed by atoms with van der Waals surface area (Å²) in [4.78, 5) is 4.42. The van der Waals surface area contributed by atoms with Gasteiger partial charge in [-0.2, -0.15) is 0 Å². The van der Waals surface area contributed by atoms with Crippen molar-refractivity contribution in [2.45, 2.75) is 52.0 Å². The SMILES string of the molecule is Cc1ccc(NC(=S)NC2CCCCC2)c(C)n1. The van der Waals surface area contributed by atoms with E-state index in [0.717, 1.165) is 22.2 Å². The minimum absolute atomic E-state index is 0.539. The molecule has 1 aliphatic rings. The van der Waals surface area contributed by atoms with Gasteiger partial charge in [-0.05, 0) is 51.0 Å². The van der Waals surface area contributed by atoms with Gasteiger partial charge in [0.05, 0.1) is 11.4 Å². The van der Waals surface area contributed by atoms with Gasteiger partial charge in [0.1, 0.15) is 0 Å². The van der Waals surface area contributed by atoms with E-state index in [0.29, 0.717) is 6.04 Å². The van der Waals surface area contributed by atoms with Crippen molar-refractivity contribution in [3.05, 3.63) is 23.5 Å². The highest BCUT2D eigenvalue weighted by atomic mass is 32.1. The van der Waals surface area contributed by atoms with Crippen LogP contribution in [0.4, 0.5) is 5.69 Å². The third kappa shape index (κ3) is 3.67. The maximum atomic E-state index is 5.36. The zero-order valence-electron chi connectivity index (χ0n) is 11.1. The molecule has 4 heteroatoms. The van der Waals surface area contributed by atoms with Gasteiger partial charge < -0.3 is 10.6 Å². The Balaban J connectivity index is 1.90. The standard InChI is InChI=1S/C14H21N3S/c1-10-8-9-13(11(2)15-10)17-14(18)16-12-6-4-3-5-7-12/h8-9,12H,3-7H2,1-2H3,(H2,16,17,18). The van der Waals surface area contributed by atoms with Crippen molar-refractivity contribution < 1.29 is 0 Å². The van der Waals surface area contributed by atoms with Crippen molar-refractivity contribution in [2.24, 2.45) is 0 Å². The molecular formula is C14H21N3S. The van der Waals surface area contributed by atoms with Crippen molar-refractivity contribution in [3.63, 3.8) is 0 Å². The molecule has 18 heavy (non-hydrogen) atoms. The minimum Gasteiger partial charge on any atom is -0.360 e. The Kier molecular flexibility index (Phi) is 4.53. The molecule has 2 N–H and O–H groups in total. The van der Waals surface area contributed by atoms with Gasteiger partial charge in [-0.1, -0.05) is 19.3 Å². The number of hydrogen-bond acceptors (Lipinski definition) is 2. The molecule has 0 aliphatic heterocycles. The lowest BCUT2D eigenvalue weighted by molar-refractivity contribution is 0.415. The predicted octanol–water partition coefficient (Wildman–Crippen LogP) is 3.32. The summed E-state index contributed by atoms with van der Waals surface area (Å²) in [6, 6.07) is 4.57. The molecule has 1 aromatic heterocycles. The molecule has 3 nitrogen and oxygen atoms in total. The molecule has 0 bridgehead atoms. The topological polar surface area (TPSA) is 37.0 Å². The number of aryl methyl sites for hydroxylation is 2. The van der Waals surface area contributed by atoms with Crippen LogP contribution in [0.3, 0.4) is 0 Å². The van der Waals surface area contributed by atoms with Crippen LogP contribution in [0.25, 0.3) is 0 Å². The van der Waals surface area contributed by atoms with E-state index in [1.165, 1.54) is 32.1 Å². The lowest BCUT2D eigenvalue weighted by Gasteiger charge is -2.24. The van der Waals surface area contributed by atoms with Crippen LogP contribution in [0.2, 0.25) is 0 Å². The first-order valence-electron chi connectivity index (χ1n) is 6.67. The Morgan fingerprint density at radius 2 is 1.94 bits per heavy atom. The average molecular weight is 263 g/mol. The molecule has 2 rings (SSSR count). The lowest BCUT2D eigenvalue weighted by Crippen LogP contribution is -2.39. The van der Waals surface area contributed by atoms with E-state index in [-0.39, 0.29) is 0 Å². The number of rotatable bonds is 2. The molecule has 98 valence electrons. The van der Waals surface area contributed by atoms with E-state index in [1.807, 2.05) is 26.0 Å². The largest absolute Gasteiger partial charge is 0.360 e. The molecule has 1 aliphatic carbocycles. The van der Waals surface area contributed by atoms with Crippen LogP contribution in [-0.2, 0) is 0 Å². The number of thiocarbonyl (C=S) groups is 1. The monoisotopic (exact) mass is 263 g/mol. The number of hydrogen-bond donors (Lipinski definition) is 2. The quantitative estimate of drug-likeness (QED) is 0.803. The lowest BCUT2D eigenvalue weighted by atomic mass is 9.96. The van der Waals surface area contributed by atoms with Crippen molar-refractivity contribution in [1.82, 2.24) is 10.3 Å². The molecule has 1 heterocycles. The normalized spacial score (nSPS) is 16.3. The van der Waals surface area contributed by atoms with Gasteiger partial charge in [-0.15, -0.1) is 0 Å². The fraction of sp³-hybridized carbons (Fsp3) is 0.571. The number of nitrogens with zero attached hydrogens (tertiary/aromatic N) is 1. The van der Waals surface area contributed by atoms with E-state index in [9.17, 15) is 0 Å². The highest BCUT2D eigenvalue weighted by molar-refractivity contribution is 7.80. The summed E-state index contributed by atoms with van der Waals surface area (Å²) in [6.07, 6.45) is 6.44. The van der Waals surface area contributed by atoms with Crippen LogP contribution < -0.4 is 10.6 Å². The zero-order chi connectivity index (χ0) is 13.0. The van der Waals surface area contributed by atoms with Gasteiger partial charge in [0.2, 0.25) is 0 Å². The number of pyridine rings is 1. The summed E-state index contributed by atoms with van der Waals surface area (Å²) < 4.78 is 0. The van der Waals surface area contributed by atoms with Gasteiger partial charge in [-0.3, -0.25) is 4.98 Å². The van der Waals surface area contributed by atoms with E-state index < -0.39 is 0 Å². The summed E-state index contributed by atoms with van der Waals surface area (Å²) in [7, 11) is 0. The van der Waals surface area contributed by atoms with E-state index >= 15 is 0 Å². The van der Waals surface area contributed by atoms with Crippen molar-refractivity contribution in [2.75, 3.05) is 5.32 Å². The van der Waals surface area contributed by atoms with Crippen molar-refractivity contribution >= 4 is 23.0 Å². The molecule has 0 spiro atoms. The van der Waals surface area contributed by atoms with Gasteiger partial charge in [-0.25, -0.2) is 0 Å². The number of aromatic nitrogens is 1. The molecule has 1 aromatic rings. The van der Waals surface area contributed by atoms with Crippen LogP contribution in [0.15, 0.2) is 12.1 Å². The summed E-state index contributed by atoms with van der Waals surface area (Å²) >= 11 is 5.36. The molecule has 0 aromatic carbocycles. The molecule has 0 radical (unpaired) electrons. The van der Waals surface area contributed by atoms with Gasteiger partial charge in [0.15, 0.2) is 5.11 Å². The Morgan fingerprint density at radius 1 is 1.22 bits per heavy atom. The van der Waals surface area contributed by atoms with Crippen LogP contribution in [0, 0.1) is 13.8 Å². The fourth-order valence-corrected chi connectivity index (χ4v) is 2.69. The summed E-state index contributed by atoms with van der Waals surface area (Å²) in [6.45, 7) is 3.99. The molecule has 1 fully saturated rings. The van der Waals surface area contributed by atoms with Crippen LogP contribution in [0.5, 0.6) is 0 Å². The maximum Gasteiger partial charge on any atom is 0.171 e. The minimum atomic E-state index is 0.539. The second kappa shape index (κ2) is 6.14. The molecule has 0 amide bonds. The zero-order valence-corrected chi connectivity index (χ0v) is 11.9. The Bertz CT molecular complexity index is 425. The third-order valence-electron chi connectivity index (χ3n) is 3.41. The van der Waals surface area contributed by atoms with Gasteiger partial charge >= 0.3 is 0 Å². The third-order valence-corrected chi connectivity index (χ3v) is 3.63. The number of anilines is 1. The summed E-state index contributed by atoms with van der Waals surface area (Å²) in [5.41, 5.74) is 3.01. The summed E-state index contributed by atoms with van der Waals surface area (Å²) in [5.74, 6) is 0. The molecule has 1 saturated carbocycles. The maximum absolute atomic E-state index is 5.36.